The molecule has 0 saturated carbocycles. The number of nitrogens with one attached hydrogen (secondary N) is 1. The number of aryl methyl sites for hydroxylation is 1. The van der Waals surface area contributed by atoms with E-state index in [1.807, 2.05) is 6.92 Å². The van der Waals surface area contributed by atoms with E-state index in [1.54, 1.807) is 23.9 Å². The van der Waals surface area contributed by atoms with Gasteiger partial charge in [-0.2, -0.15) is 0 Å². The largest absolute Gasteiger partial charge is 0.345 e. The standard InChI is InChI=1S/C17H17BrF3N3O2/c1-3-6-24(17(26)13-7-10(18)8-23(13)2)9-14(25)22-12-5-4-11(19)15(20)16(12)21/h4-5,7-8H,3,6,9H2,1-2H3,(H,22,25). The van der Waals surface area contributed by atoms with E-state index in [4.69, 9.17) is 0 Å². The molecule has 0 saturated heterocycles. The Kier molecular flexibility index (Phi) is 6.47. The molecule has 0 aliphatic rings. The van der Waals surface area contributed by atoms with Crippen LogP contribution in [0, 0.1) is 17.5 Å². The predicted octanol–water partition coefficient (Wildman–Crippen LogP) is 3.70. The number of rotatable bonds is 6. The average molecular weight is 432 g/mol. The molecule has 0 aliphatic carbocycles. The van der Waals surface area contributed by atoms with Crippen LogP contribution in [0.5, 0.6) is 0 Å². The number of aromatic nitrogens is 1. The van der Waals surface area contributed by atoms with E-state index >= 15 is 0 Å². The lowest BCUT2D eigenvalue weighted by Gasteiger charge is -2.22. The molecule has 5 nitrogen and oxygen atoms in total. The summed E-state index contributed by atoms with van der Waals surface area (Å²) >= 11 is 3.28. The van der Waals surface area contributed by atoms with Gasteiger partial charge < -0.3 is 14.8 Å². The molecule has 140 valence electrons. The normalized spacial score (nSPS) is 10.7. The molecular formula is C17H17BrF3N3O2. The van der Waals surface area contributed by atoms with Crippen molar-refractivity contribution in [2.24, 2.45) is 7.05 Å². The van der Waals surface area contributed by atoms with Crippen LogP contribution in [0.1, 0.15) is 23.8 Å². The summed E-state index contributed by atoms with van der Waals surface area (Å²) in [5.74, 6) is -5.60. The molecule has 0 unspecified atom stereocenters. The first-order chi connectivity index (χ1) is 12.2. The average Bonchev–Trinajstić information content (AvgIpc) is 2.92. The summed E-state index contributed by atoms with van der Waals surface area (Å²) in [6.07, 6.45) is 2.30. The highest BCUT2D eigenvalue weighted by Crippen LogP contribution is 2.20. The number of halogens is 4. The van der Waals surface area contributed by atoms with Crippen LogP contribution in [0.4, 0.5) is 18.9 Å². The molecule has 0 bridgehead atoms. The number of hydrogen-bond donors (Lipinski definition) is 1. The molecule has 0 atom stereocenters. The van der Waals surface area contributed by atoms with Crippen LogP contribution in [0.3, 0.4) is 0 Å². The second kappa shape index (κ2) is 8.39. The number of nitrogens with zero attached hydrogens (tertiary/aromatic N) is 2. The second-order valence-electron chi connectivity index (χ2n) is 5.65. The SMILES string of the molecule is CCCN(CC(=O)Nc1ccc(F)c(F)c1F)C(=O)c1cc(Br)cn1C. The van der Waals surface area contributed by atoms with Gasteiger partial charge in [-0.05, 0) is 40.5 Å². The molecule has 1 aromatic carbocycles. The fourth-order valence-corrected chi connectivity index (χ4v) is 2.93. The monoisotopic (exact) mass is 431 g/mol. The highest BCUT2D eigenvalue weighted by Gasteiger charge is 2.22. The Labute approximate surface area is 156 Å². The Balaban J connectivity index is 2.14. The molecule has 2 rings (SSSR count). The molecule has 2 amide bonds. The first kappa shape index (κ1) is 20.0. The number of carbonyl (C=O) groups is 2. The lowest BCUT2D eigenvalue weighted by Crippen LogP contribution is -2.39. The fraction of sp³-hybridized carbons (Fsp3) is 0.294. The molecule has 0 fully saturated rings. The number of anilines is 1. The third kappa shape index (κ3) is 4.46. The molecule has 9 heteroatoms. The maximum absolute atomic E-state index is 13.7. The van der Waals surface area contributed by atoms with Crippen molar-refractivity contribution in [3.63, 3.8) is 0 Å². The Morgan fingerprint density at radius 2 is 1.92 bits per heavy atom. The van der Waals surface area contributed by atoms with E-state index in [2.05, 4.69) is 21.2 Å². The van der Waals surface area contributed by atoms with Gasteiger partial charge in [0, 0.05) is 24.3 Å². The minimum absolute atomic E-state index is 0.301. The second-order valence-corrected chi connectivity index (χ2v) is 6.57. The number of amides is 2. The van der Waals surface area contributed by atoms with Crippen molar-refractivity contribution < 1.29 is 22.8 Å². The summed E-state index contributed by atoms with van der Waals surface area (Å²) in [4.78, 5) is 26.1. The third-order valence-electron chi connectivity index (χ3n) is 3.62. The quantitative estimate of drug-likeness (QED) is 0.709. The van der Waals surface area contributed by atoms with Crippen LogP contribution in [-0.4, -0.2) is 34.4 Å². The molecule has 2 aromatic rings. The van der Waals surface area contributed by atoms with Crippen molar-refractivity contribution >= 4 is 33.4 Å². The summed E-state index contributed by atoms with van der Waals surface area (Å²) in [6.45, 7) is 1.79. The zero-order valence-electron chi connectivity index (χ0n) is 14.2. The lowest BCUT2D eigenvalue weighted by molar-refractivity contribution is -0.116. The minimum Gasteiger partial charge on any atom is -0.345 e. The molecule has 0 spiro atoms. The van der Waals surface area contributed by atoms with Gasteiger partial charge in [0.15, 0.2) is 17.5 Å². The molecule has 1 N–H and O–H groups in total. The first-order valence-electron chi connectivity index (χ1n) is 7.79. The molecule has 1 aromatic heterocycles. The van der Waals surface area contributed by atoms with Gasteiger partial charge in [0.1, 0.15) is 12.2 Å². The van der Waals surface area contributed by atoms with Gasteiger partial charge in [-0.25, -0.2) is 13.2 Å². The van der Waals surface area contributed by atoms with Crippen molar-refractivity contribution in [2.75, 3.05) is 18.4 Å². The molecule has 0 radical (unpaired) electrons. The Morgan fingerprint density at radius 3 is 2.50 bits per heavy atom. The molecule has 0 aliphatic heterocycles. The zero-order chi connectivity index (χ0) is 19.4. The summed E-state index contributed by atoms with van der Waals surface area (Å²) in [7, 11) is 1.69. The molecular weight excluding hydrogens is 415 g/mol. The Bertz CT molecular complexity index is 839. The zero-order valence-corrected chi connectivity index (χ0v) is 15.7. The summed E-state index contributed by atoms with van der Waals surface area (Å²) in [5.41, 5.74) is -0.114. The maximum Gasteiger partial charge on any atom is 0.270 e. The van der Waals surface area contributed by atoms with Crippen molar-refractivity contribution in [1.29, 1.82) is 0 Å². The van der Waals surface area contributed by atoms with E-state index in [-0.39, 0.29) is 12.5 Å². The Hall–Kier alpha value is -2.29. The van der Waals surface area contributed by atoms with Crippen LogP contribution >= 0.6 is 15.9 Å². The van der Waals surface area contributed by atoms with E-state index in [0.717, 1.165) is 6.07 Å². The Morgan fingerprint density at radius 1 is 1.23 bits per heavy atom. The van der Waals surface area contributed by atoms with Gasteiger partial charge in [-0.3, -0.25) is 9.59 Å². The maximum atomic E-state index is 13.7. The van der Waals surface area contributed by atoms with Crippen LogP contribution < -0.4 is 5.32 Å². The van der Waals surface area contributed by atoms with Crippen LogP contribution in [0.2, 0.25) is 0 Å². The lowest BCUT2D eigenvalue weighted by atomic mass is 10.2. The van der Waals surface area contributed by atoms with Gasteiger partial charge in [-0.1, -0.05) is 6.92 Å². The molecule has 26 heavy (non-hydrogen) atoms. The number of hydrogen-bond acceptors (Lipinski definition) is 2. The van der Waals surface area contributed by atoms with Gasteiger partial charge in [-0.15, -0.1) is 0 Å². The minimum atomic E-state index is -1.67. The summed E-state index contributed by atoms with van der Waals surface area (Å²) in [5, 5.41) is 2.16. The number of carbonyl (C=O) groups excluding carboxylic acids is 2. The van der Waals surface area contributed by atoms with E-state index in [1.165, 1.54) is 4.90 Å². The topological polar surface area (TPSA) is 54.3 Å². The predicted molar refractivity (Wildman–Crippen MR) is 94.3 cm³/mol. The first-order valence-corrected chi connectivity index (χ1v) is 8.58. The van der Waals surface area contributed by atoms with Crippen molar-refractivity contribution in [3.05, 3.63) is 52.0 Å². The van der Waals surface area contributed by atoms with Gasteiger partial charge in [0.05, 0.1) is 5.69 Å². The van der Waals surface area contributed by atoms with Gasteiger partial charge in [0.2, 0.25) is 5.91 Å². The van der Waals surface area contributed by atoms with Crippen molar-refractivity contribution in [3.8, 4) is 0 Å². The van der Waals surface area contributed by atoms with Gasteiger partial charge in [0.25, 0.3) is 5.91 Å². The van der Waals surface area contributed by atoms with E-state index < -0.39 is 29.0 Å². The van der Waals surface area contributed by atoms with Crippen LogP contribution in [0.15, 0.2) is 28.9 Å². The molecule has 1 heterocycles. The van der Waals surface area contributed by atoms with Crippen molar-refractivity contribution in [1.82, 2.24) is 9.47 Å². The smallest absolute Gasteiger partial charge is 0.270 e. The van der Waals surface area contributed by atoms with Crippen molar-refractivity contribution in [2.45, 2.75) is 13.3 Å². The van der Waals surface area contributed by atoms with Gasteiger partial charge >= 0.3 is 0 Å². The highest BCUT2D eigenvalue weighted by molar-refractivity contribution is 9.10. The fourth-order valence-electron chi connectivity index (χ4n) is 2.41. The summed E-state index contributed by atoms with van der Waals surface area (Å²) in [6, 6.07) is 3.26. The van der Waals surface area contributed by atoms with E-state index in [9.17, 15) is 22.8 Å². The van der Waals surface area contributed by atoms with Crippen LogP contribution in [0.25, 0.3) is 0 Å². The number of benzene rings is 1. The highest BCUT2D eigenvalue weighted by atomic mass is 79.9. The van der Waals surface area contributed by atoms with Crippen LogP contribution in [-0.2, 0) is 11.8 Å². The summed E-state index contributed by atoms with van der Waals surface area (Å²) < 4.78 is 42.2. The van der Waals surface area contributed by atoms with E-state index in [0.29, 0.717) is 29.2 Å². The third-order valence-corrected chi connectivity index (χ3v) is 4.05.